The van der Waals surface area contributed by atoms with Crippen molar-refractivity contribution in [1.82, 2.24) is 0 Å². The first-order chi connectivity index (χ1) is 16.6. The van der Waals surface area contributed by atoms with E-state index in [1.54, 1.807) is 14.2 Å². The number of hydrogen-bond donors (Lipinski definition) is 0. The Labute approximate surface area is 240 Å². The fourth-order valence-electron chi connectivity index (χ4n) is 5.01. The first kappa shape index (κ1) is 30.2. The molecular formula is C32H34O4Zr. The minimum atomic E-state index is 0. The maximum Gasteiger partial charge on any atom is 2.00 e. The average Bonchev–Trinajstić information content (AvgIpc) is 2.84. The molecule has 0 aromatic heterocycles. The molecule has 0 spiro atoms. The SMILES string of the molecule is C.C.COc1c2cccc1Cc1cccc(c1[O-])Cc1cccc(c1OC)Cc1cccc(c1[O-])C2.[Zr+2]. The van der Waals surface area contributed by atoms with Crippen LogP contribution in [0.2, 0.25) is 0 Å². The van der Waals surface area contributed by atoms with Crippen LogP contribution in [0.4, 0.5) is 0 Å². The van der Waals surface area contributed by atoms with Gasteiger partial charge < -0.3 is 19.7 Å². The summed E-state index contributed by atoms with van der Waals surface area (Å²) in [5.41, 5.74) is 6.63. The van der Waals surface area contributed by atoms with E-state index in [1.165, 1.54) is 0 Å². The van der Waals surface area contributed by atoms with Gasteiger partial charge in [-0.1, -0.05) is 110 Å². The molecule has 0 amide bonds. The minimum absolute atomic E-state index is 0. The average molecular weight is 574 g/mol. The number of ether oxygens (including phenoxy) is 2. The van der Waals surface area contributed by atoms with Crippen LogP contribution in [-0.2, 0) is 51.9 Å². The van der Waals surface area contributed by atoms with E-state index < -0.39 is 0 Å². The first-order valence-corrected chi connectivity index (χ1v) is 11.4. The third-order valence-corrected chi connectivity index (χ3v) is 6.64. The van der Waals surface area contributed by atoms with Crippen LogP contribution >= 0.6 is 0 Å². The predicted molar refractivity (Wildman–Crippen MR) is 142 cm³/mol. The molecule has 0 N–H and O–H groups in total. The topological polar surface area (TPSA) is 64.6 Å². The molecule has 0 radical (unpaired) electrons. The van der Waals surface area contributed by atoms with Gasteiger partial charge in [-0.05, 0) is 22.3 Å². The van der Waals surface area contributed by atoms with Crippen molar-refractivity contribution in [2.24, 2.45) is 0 Å². The van der Waals surface area contributed by atoms with E-state index in [0.29, 0.717) is 25.7 Å². The molecule has 4 aromatic carbocycles. The molecule has 8 bridgehead atoms. The standard InChI is InChI=1S/C30H28O4.2CH4.Zr/c1-33-29-23-11-5-12-24(29)16-20-8-4-10-22(28(20)32)18-26-14-6-13-25(30(26)34-2)17-21-9-3-7-19(15-23)27(21)31;;;/h3-14,31-32H,15-18H2,1-2H3;2*1H4;/q;;;+2/p-2. The normalized spacial score (nSPS) is 11.7. The van der Waals surface area contributed by atoms with Gasteiger partial charge in [0.25, 0.3) is 0 Å². The van der Waals surface area contributed by atoms with Gasteiger partial charge in [-0.15, -0.1) is 11.5 Å². The molecule has 5 heteroatoms. The third-order valence-electron chi connectivity index (χ3n) is 6.64. The molecule has 0 saturated carbocycles. The second-order valence-electron chi connectivity index (χ2n) is 8.74. The summed E-state index contributed by atoms with van der Waals surface area (Å²) in [6.45, 7) is 0. The fourth-order valence-corrected chi connectivity index (χ4v) is 5.01. The zero-order valence-electron chi connectivity index (χ0n) is 19.9. The largest absolute Gasteiger partial charge is 2.00 e. The maximum atomic E-state index is 13.4. The Balaban J connectivity index is 0.00000160. The summed E-state index contributed by atoms with van der Waals surface area (Å²) in [6, 6.07) is 23.3. The predicted octanol–water partition coefficient (Wildman–Crippen LogP) is 5.80. The molecule has 1 aliphatic rings. The second-order valence-corrected chi connectivity index (χ2v) is 8.74. The quantitative estimate of drug-likeness (QED) is 0.268. The van der Waals surface area contributed by atoms with E-state index in [2.05, 4.69) is 0 Å². The van der Waals surface area contributed by atoms with Crippen LogP contribution in [0.1, 0.15) is 59.4 Å². The summed E-state index contributed by atoms with van der Waals surface area (Å²) in [5.74, 6) is 1.55. The fraction of sp³-hybridized carbons (Fsp3) is 0.250. The Bertz CT molecular complexity index is 1170. The van der Waals surface area contributed by atoms with Gasteiger partial charge >= 0.3 is 26.2 Å². The molecule has 4 aromatic rings. The van der Waals surface area contributed by atoms with Crippen LogP contribution in [-0.4, -0.2) is 14.2 Å². The van der Waals surface area contributed by atoms with Gasteiger partial charge in [0.05, 0.1) is 14.2 Å². The van der Waals surface area contributed by atoms with E-state index in [0.717, 1.165) is 56.0 Å². The molecule has 0 atom stereocenters. The van der Waals surface area contributed by atoms with Gasteiger partial charge in [-0.25, -0.2) is 0 Å². The molecule has 0 fully saturated rings. The van der Waals surface area contributed by atoms with E-state index in [-0.39, 0.29) is 52.6 Å². The molecule has 37 heavy (non-hydrogen) atoms. The molecule has 0 saturated heterocycles. The molecular weight excluding hydrogens is 540 g/mol. The summed E-state index contributed by atoms with van der Waals surface area (Å²) in [6.07, 6.45) is 1.85. The third kappa shape index (κ3) is 5.94. The van der Waals surface area contributed by atoms with Crippen LogP contribution in [0, 0.1) is 0 Å². The van der Waals surface area contributed by atoms with Gasteiger partial charge in [-0.2, -0.15) is 0 Å². The number of rotatable bonds is 2. The number of hydrogen-bond acceptors (Lipinski definition) is 4. The zero-order valence-corrected chi connectivity index (χ0v) is 22.3. The number of fused-ring (bicyclic) bond motifs is 8. The summed E-state index contributed by atoms with van der Waals surface area (Å²) in [5, 5.41) is 26.8. The van der Waals surface area contributed by atoms with E-state index in [9.17, 15) is 10.2 Å². The molecule has 0 heterocycles. The molecule has 0 aliphatic heterocycles. The number of benzene rings is 4. The Morgan fingerprint density at radius 2 is 0.676 bits per heavy atom. The smallest absolute Gasteiger partial charge is 0.872 e. The van der Waals surface area contributed by atoms with Crippen LogP contribution in [0.3, 0.4) is 0 Å². The monoisotopic (exact) mass is 572 g/mol. The van der Waals surface area contributed by atoms with Crippen LogP contribution in [0.25, 0.3) is 0 Å². The summed E-state index contributed by atoms with van der Waals surface area (Å²) in [4.78, 5) is 0. The number of para-hydroxylation sites is 4. The minimum Gasteiger partial charge on any atom is -0.872 e. The van der Waals surface area contributed by atoms with Crippen molar-refractivity contribution >= 4 is 0 Å². The van der Waals surface area contributed by atoms with Crippen molar-refractivity contribution < 1.29 is 45.9 Å². The Kier molecular flexibility index (Phi) is 10.6. The van der Waals surface area contributed by atoms with Crippen molar-refractivity contribution in [3.8, 4) is 23.0 Å². The molecule has 4 nitrogen and oxygen atoms in total. The van der Waals surface area contributed by atoms with Gasteiger partial charge in [0, 0.05) is 25.7 Å². The summed E-state index contributed by atoms with van der Waals surface area (Å²) in [7, 11) is 3.28. The molecule has 0 unspecified atom stereocenters. The Hall–Kier alpha value is -3.04. The second kappa shape index (κ2) is 13.0. The van der Waals surface area contributed by atoms with Crippen LogP contribution in [0.15, 0.2) is 72.8 Å². The zero-order chi connectivity index (χ0) is 23.7. The van der Waals surface area contributed by atoms with Crippen LogP contribution in [0.5, 0.6) is 23.0 Å². The van der Waals surface area contributed by atoms with Gasteiger partial charge in [-0.3, -0.25) is 0 Å². The Morgan fingerprint density at radius 1 is 0.459 bits per heavy atom. The molecule has 190 valence electrons. The van der Waals surface area contributed by atoms with E-state index in [4.69, 9.17) is 9.47 Å². The van der Waals surface area contributed by atoms with Gasteiger partial charge in [0.15, 0.2) is 0 Å². The molecule has 1 aliphatic carbocycles. The summed E-state index contributed by atoms with van der Waals surface area (Å²) >= 11 is 0. The molecule has 5 rings (SSSR count). The van der Waals surface area contributed by atoms with Gasteiger partial charge in [0.1, 0.15) is 11.5 Å². The van der Waals surface area contributed by atoms with Crippen molar-refractivity contribution in [3.63, 3.8) is 0 Å². The number of methoxy groups -OCH3 is 2. The summed E-state index contributed by atoms with van der Waals surface area (Å²) < 4.78 is 11.6. The Morgan fingerprint density at radius 3 is 0.892 bits per heavy atom. The van der Waals surface area contributed by atoms with E-state index >= 15 is 0 Å². The maximum absolute atomic E-state index is 13.4. The first-order valence-electron chi connectivity index (χ1n) is 11.4. The van der Waals surface area contributed by atoms with E-state index in [1.807, 2.05) is 72.8 Å². The van der Waals surface area contributed by atoms with Crippen molar-refractivity contribution in [2.75, 3.05) is 14.2 Å². The van der Waals surface area contributed by atoms with Crippen molar-refractivity contribution in [3.05, 3.63) is 117 Å². The van der Waals surface area contributed by atoms with Crippen molar-refractivity contribution in [1.29, 1.82) is 0 Å². The van der Waals surface area contributed by atoms with Crippen LogP contribution < -0.4 is 19.7 Å². The van der Waals surface area contributed by atoms with Gasteiger partial charge in [0.2, 0.25) is 0 Å². The van der Waals surface area contributed by atoms with Crippen molar-refractivity contribution in [2.45, 2.75) is 40.5 Å².